The second-order valence-corrected chi connectivity index (χ2v) is 6.66. The molecule has 0 spiro atoms. The SMILES string of the molecule is Cn1ccnc1Sc1ccc(NC(=O)COc2ccccc2Cl)cc1. The van der Waals surface area contributed by atoms with E-state index in [1.165, 1.54) is 0 Å². The van der Waals surface area contributed by atoms with Crippen molar-refractivity contribution in [1.29, 1.82) is 0 Å². The number of hydrogen-bond acceptors (Lipinski definition) is 4. The van der Waals surface area contributed by atoms with E-state index in [2.05, 4.69) is 10.3 Å². The Morgan fingerprint density at radius 1 is 1.24 bits per heavy atom. The lowest BCUT2D eigenvalue weighted by molar-refractivity contribution is -0.118. The maximum absolute atomic E-state index is 12.0. The molecular formula is C18H16ClN3O2S. The zero-order valence-electron chi connectivity index (χ0n) is 13.5. The first kappa shape index (κ1) is 17.4. The number of carbonyl (C=O) groups is 1. The van der Waals surface area contributed by atoms with E-state index < -0.39 is 0 Å². The Hall–Kier alpha value is -2.44. The molecule has 3 aromatic rings. The van der Waals surface area contributed by atoms with E-state index in [4.69, 9.17) is 16.3 Å². The summed E-state index contributed by atoms with van der Waals surface area (Å²) in [7, 11) is 1.95. The lowest BCUT2D eigenvalue weighted by Crippen LogP contribution is -2.20. The lowest BCUT2D eigenvalue weighted by Gasteiger charge is -2.09. The Morgan fingerprint density at radius 2 is 2.00 bits per heavy atom. The van der Waals surface area contributed by atoms with E-state index >= 15 is 0 Å². The molecule has 1 amide bonds. The fraction of sp³-hybridized carbons (Fsp3) is 0.111. The van der Waals surface area contributed by atoms with Crippen molar-refractivity contribution in [3.63, 3.8) is 0 Å². The highest BCUT2D eigenvalue weighted by Crippen LogP contribution is 2.27. The Bertz CT molecular complexity index is 865. The first-order chi connectivity index (χ1) is 12.1. The first-order valence-electron chi connectivity index (χ1n) is 7.54. The van der Waals surface area contributed by atoms with Gasteiger partial charge in [0, 0.05) is 30.0 Å². The average molecular weight is 374 g/mol. The summed E-state index contributed by atoms with van der Waals surface area (Å²) in [5.41, 5.74) is 0.706. The van der Waals surface area contributed by atoms with Crippen LogP contribution in [0.1, 0.15) is 0 Å². The number of nitrogens with one attached hydrogen (secondary N) is 1. The largest absolute Gasteiger partial charge is 0.482 e. The highest BCUT2D eigenvalue weighted by molar-refractivity contribution is 7.99. The normalized spacial score (nSPS) is 10.5. The van der Waals surface area contributed by atoms with Crippen molar-refractivity contribution in [3.05, 3.63) is 65.9 Å². The number of amides is 1. The highest BCUT2D eigenvalue weighted by Gasteiger charge is 2.07. The van der Waals surface area contributed by atoms with Gasteiger partial charge in [-0.05, 0) is 36.4 Å². The fourth-order valence-electron chi connectivity index (χ4n) is 2.06. The summed E-state index contributed by atoms with van der Waals surface area (Å²) in [5, 5.41) is 4.18. The number of para-hydroxylation sites is 1. The van der Waals surface area contributed by atoms with Gasteiger partial charge < -0.3 is 14.6 Å². The third kappa shape index (κ3) is 4.78. The van der Waals surface area contributed by atoms with Crippen LogP contribution >= 0.6 is 23.4 Å². The van der Waals surface area contributed by atoms with E-state index in [1.807, 2.05) is 42.1 Å². The molecule has 0 saturated carbocycles. The summed E-state index contributed by atoms with van der Waals surface area (Å²) >= 11 is 7.55. The van der Waals surface area contributed by atoms with Crippen molar-refractivity contribution in [3.8, 4) is 5.75 Å². The number of anilines is 1. The predicted octanol–water partition coefficient (Wildman–Crippen LogP) is 4.24. The quantitative estimate of drug-likeness (QED) is 0.702. The van der Waals surface area contributed by atoms with Gasteiger partial charge in [0.05, 0.1) is 5.02 Å². The zero-order valence-corrected chi connectivity index (χ0v) is 15.1. The Morgan fingerprint density at radius 3 is 2.68 bits per heavy atom. The van der Waals surface area contributed by atoms with Crippen molar-refractivity contribution in [2.75, 3.05) is 11.9 Å². The van der Waals surface area contributed by atoms with E-state index in [-0.39, 0.29) is 12.5 Å². The van der Waals surface area contributed by atoms with Gasteiger partial charge in [0.1, 0.15) is 5.75 Å². The number of halogens is 1. The van der Waals surface area contributed by atoms with Gasteiger partial charge in [-0.2, -0.15) is 0 Å². The number of rotatable bonds is 6. The Kier molecular flexibility index (Phi) is 5.63. The van der Waals surface area contributed by atoms with E-state index in [9.17, 15) is 4.79 Å². The van der Waals surface area contributed by atoms with Gasteiger partial charge in [0.15, 0.2) is 11.8 Å². The molecule has 0 aliphatic rings. The molecule has 0 saturated heterocycles. The molecule has 128 valence electrons. The second kappa shape index (κ2) is 8.09. The zero-order chi connectivity index (χ0) is 17.6. The first-order valence-corrected chi connectivity index (χ1v) is 8.74. The smallest absolute Gasteiger partial charge is 0.262 e. The topological polar surface area (TPSA) is 56.2 Å². The van der Waals surface area contributed by atoms with Crippen molar-refractivity contribution < 1.29 is 9.53 Å². The molecule has 25 heavy (non-hydrogen) atoms. The maximum Gasteiger partial charge on any atom is 0.262 e. The molecule has 1 N–H and O–H groups in total. The van der Waals surface area contributed by atoms with Crippen LogP contribution in [0, 0.1) is 0 Å². The molecule has 3 rings (SSSR count). The molecule has 0 aliphatic heterocycles. The second-order valence-electron chi connectivity index (χ2n) is 5.21. The molecule has 0 aliphatic carbocycles. The van der Waals surface area contributed by atoms with Crippen LogP contribution in [0.5, 0.6) is 5.75 Å². The number of hydrogen-bond donors (Lipinski definition) is 1. The summed E-state index contributed by atoms with van der Waals surface area (Å²) in [6, 6.07) is 14.6. The van der Waals surface area contributed by atoms with Crippen molar-refractivity contribution in [2.24, 2.45) is 7.05 Å². The summed E-state index contributed by atoms with van der Waals surface area (Å²) in [4.78, 5) is 17.3. The number of ether oxygens (including phenoxy) is 1. The minimum Gasteiger partial charge on any atom is -0.482 e. The minimum atomic E-state index is -0.246. The molecule has 0 atom stereocenters. The lowest BCUT2D eigenvalue weighted by atomic mass is 10.3. The van der Waals surface area contributed by atoms with Crippen LogP contribution in [0.25, 0.3) is 0 Å². The van der Waals surface area contributed by atoms with Gasteiger partial charge in [0.2, 0.25) is 0 Å². The Labute approximate surface area is 155 Å². The predicted molar refractivity (Wildman–Crippen MR) is 99.3 cm³/mol. The number of nitrogens with zero attached hydrogens (tertiary/aromatic N) is 2. The Balaban J connectivity index is 1.53. The van der Waals surface area contributed by atoms with E-state index in [1.54, 1.807) is 42.2 Å². The summed E-state index contributed by atoms with van der Waals surface area (Å²) in [5.74, 6) is 0.241. The molecule has 0 bridgehead atoms. The van der Waals surface area contributed by atoms with Crippen molar-refractivity contribution in [2.45, 2.75) is 10.1 Å². The van der Waals surface area contributed by atoms with Crippen LogP contribution in [-0.4, -0.2) is 22.1 Å². The molecular weight excluding hydrogens is 358 g/mol. The van der Waals surface area contributed by atoms with Crippen LogP contribution in [0.2, 0.25) is 5.02 Å². The fourth-order valence-corrected chi connectivity index (χ4v) is 3.06. The summed E-state index contributed by atoms with van der Waals surface area (Å²) < 4.78 is 7.37. The van der Waals surface area contributed by atoms with E-state index in [0.717, 1.165) is 10.1 Å². The van der Waals surface area contributed by atoms with Gasteiger partial charge >= 0.3 is 0 Å². The molecule has 7 heteroatoms. The molecule has 0 fully saturated rings. The molecule has 0 radical (unpaired) electrons. The number of aryl methyl sites for hydroxylation is 1. The van der Waals surface area contributed by atoms with Crippen LogP contribution in [-0.2, 0) is 11.8 Å². The van der Waals surface area contributed by atoms with Gasteiger partial charge in [-0.3, -0.25) is 4.79 Å². The third-order valence-corrected chi connectivity index (χ3v) is 4.72. The van der Waals surface area contributed by atoms with Crippen molar-refractivity contribution >= 4 is 35.0 Å². The molecule has 0 unspecified atom stereocenters. The van der Waals surface area contributed by atoms with Crippen LogP contribution < -0.4 is 10.1 Å². The standard InChI is InChI=1S/C18H16ClN3O2S/c1-22-11-10-20-18(22)25-14-8-6-13(7-9-14)21-17(23)12-24-16-5-3-2-4-15(16)19/h2-11H,12H2,1H3,(H,21,23). The average Bonchev–Trinajstić information content (AvgIpc) is 3.01. The van der Waals surface area contributed by atoms with Gasteiger partial charge in [-0.15, -0.1) is 0 Å². The molecule has 1 aromatic heterocycles. The van der Waals surface area contributed by atoms with Crippen LogP contribution in [0.3, 0.4) is 0 Å². The van der Waals surface area contributed by atoms with Crippen molar-refractivity contribution in [1.82, 2.24) is 9.55 Å². The number of imidazole rings is 1. The monoisotopic (exact) mass is 373 g/mol. The van der Waals surface area contributed by atoms with Crippen LogP contribution in [0.15, 0.2) is 71.0 Å². The molecule has 1 heterocycles. The van der Waals surface area contributed by atoms with E-state index in [0.29, 0.717) is 16.5 Å². The molecule has 5 nitrogen and oxygen atoms in total. The summed E-state index contributed by atoms with van der Waals surface area (Å²) in [6.07, 6.45) is 3.66. The highest BCUT2D eigenvalue weighted by atomic mass is 35.5. The minimum absolute atomic E-state index is 0.104. The van der Waals surface area contributed by atoms with Gasteiger partial charge in [-0.1, -0.05) is 35.5 Å². The summed E-state index contributed by atoms with van der Waals surface area (Å²) in [6.45, 7) is -0.104. The van der Waals surface area contributed by atoms with Crippen LogP contribution in [0.4, 0.5) is 5.69 Å². The van der Waals surface area contributed by atoms with Gasteiger partial charge in [-0.25, -0.2) is 4.98 Å². The number of benzene rings is 2. The maximum atomic E-state index is 12.0. The third-order valence-electron chi connectivity index (χ3n) is 3.32. The van der Waals surface area contributed by atoms with Gasteiger partial charge in [0.25, 0.3) is 5.91 Å². The molecule has 2 aromatic carbocycles. The number of aromatic nitrogens is 2. The number of carbonyl (C=O) groups excluding carboxylic acids is 1.